The van der Waals surface area contributed by atoms with Gasteiger partial charge in [-0.1, -0.05) is 11.6 Å². The third-order valence-corrected chi connectivity index (χ3v) is 3.20. The van der Waals surface area contributed by atoms with Crippen LogP contribution in [0.15, 0.2) is 18.2 Å². The molecule has 2 rings (SSSR count). The fourth-order valence-corrected chi connectivity index (χ4v) is 1.93. The molecule has 1 saturated heterocycles. The molecule has 0 unspecified atom stereocenters. The van der Waals surface area contributed by atoms with Gasteiger partial charge in [0.1, 0.15) is 12.4 Å². The number of ether oxygens (including phenoxy) is 1. The van der Waals surface area contributed by atoms with Crippen molar-refractivity contribution in [1.29, 1.82) is 0 Å². The topological polar surface area (TPSA) is 15.7 Å². The predicted octanol–water partition coefficient (Wildman–Crippen LogP) is 1.42. The molecule has 0 bridgehead atoms. The van der Waals surface area contributed by atoms with Gasteiger partial charge in [0.05, 0.1) is 0 Å². The summed E-state index contributed by atoms with van der Waals surface area (Å²) in [5.41, 5.74) is 1.22. The summed E-state index contributed by atoms with van der Waals surface area (Å²) in [6, 6.07) is 9.14. The smallest absolute Gasteiger partial charge is 0.127 e. The summed E-state index contributed by atoms with van der Waals surface area (Å²) in [7, 11) is 2.18. The number of benzene rings is 1. The van der Waals surface area contributed by atoms with Crippen LogP contribution in [-0.4, -0.2) is 56.2 Å². The van der Waals surface area contributed by atoms with Crippen molar-refractivity contribution in [2.24, 2.45) is 0 Å². The Balaban J connectivity index is 1.67. The molecule has 1 aromatic rings. The molecule has 1 heterocycles. The molecular weight excluding hydrogens is 212 g/mol. The standard InChI is InChI=1S/C14H21N2O/c1-13-3-5-14(6-4-13)17-12-11-16-9-7-15(2)8-10-16/h3-5H,7-12H2,1-2H3. The van der Waals surface area contributed by atoms with Crippen molar-refractivity contribution in [3.05, 3.63) is 29.8 Å². The van der Waals surface area contributed by atoms with Crippen LogP contribution in [0.3, 0.4) is 0 Å². The zero-order valence-corrected chi connectivity index (χ0v) is 10.8. The van der Waals surface area contributed by atoms with Gasteiger partial charge >= 0.3 is 0 Å². The second kappa shape index (κ2) is 6.03. The highest BCUT2D eigenvalue weighted by Gasteiger charge is 2.12. The van der Waals surface area contributed by atoms with Crippen molar-refractivity contribution in [1.82, 2.24) is 9.80 Å². The van der Waals surface area contributed by atoms with Crippen molar-refractivity contribution in [3.8, 4) is 5.75 Å². The summed E-state index contributed by atoms with van der Waals surface area (Å²) in [6.07, 6.45) is 0. The van der Waals surface area contributed by atoms with E-state index in [-0.39, 0.29) is 0 Å². The third kappa shape index (κ3) is 4.02. The fraction of sp³-hybridized carbons (Fsp3) is 0.571. The van der Waals surface area contributed by atoms with Gasteiger partial charge in [0.25, 0.3) is 0 Å². The summed E-state index contributed by atoms with van der Waals surface area (Å²) in [4.78, 5) is 4.82. The molecular formula is C14H21N2O. The van der Waals surface area contributed by atoms with Gasteiger partial charge in [0.2, 0.25) is 0 Å². The largest absolute Gasteiger partial charge is 0.492 e. The van der Waals surface area contributed by atoms with Gasteiger partial charge in [-0.2, -0.15) is 0 Å². The van der Waals surface area contributed by atoms with E-state index in [1.807, 2.05) is 12.1 Å². The molecule has 93 valence electrons. The summed E-state index contributed by atoms with van der Waals surface area (Å²) >= 11 is 0. The summed E-state index contributed by atoms with van der Waals surface area (Å²) in [5.74, 6) is 0.852. The number of aryl methyl sites for hydroxylation is 1. The van der Waals surface area contributed by atoms with Crippen LogP contribution in [-0.2, 0) is 0 Å². The Bertz CT molecular complexity index is 329. The molecule has 0 aliphatic carbocycles. The van der Waals surface area contributed by atoms with E-state index in [4.69, 9.17) is 4.74 Å². The minimum Gasteiger partial charge on any atom is -0.492 e. The van der Waals surface area contributed by atoms with E-state index in [2.05, 4.69) is 35.9 Å². The average molecular weight is 233 g/mol. The van der Waals surface area contributed by atoms with Gasteiger partial charge in [-0.25, -0.2) is 0 Å². The highest BCUT2D eigenvalue weighted by molar-refractivity contribution is 5.24. The lowest BCUT2D eigenvalue weighted by molar-refractivity contribution is 0.133. The molecule has 1 fully saturated rings. The number of hydrogen-bond acceptors (Lipinski definition) is 3. The zero-order chi connectivity index (χ0) is 12.1. The monoisotopic (exact) mass is 233 g/mol. The van der Waals surface area contributed by atoms with Crippen molar-refractivity contribution in [2.45, 2.75) is 6.92 Å². The molecule has 0 spiro atoms. The van der Waals surface area contributed by atoms with Crippen LogP contribution in [0.25, 0.3) is 0 Å². The molecule has 0 atom stereocenters. The number of nitrogens with zero attached hydrogens (tertiary/aromatic N) is 2. The van der Waals surface area contributed by atoms with Gasteiger partial charge in [0.15, 0.2) is 0 Å². The van der Waals surface area contributed by atoms with Crippen molar-refractivity contribution in [2.75, 3.05) is 46.4 Å². The molecule has 1 aliphatic rings. The van der Waals surface area contributed by atoms with Crippen LogP contribution in [0.2, 0.25) is 0 Å². The van der Waals surface area contributed by atoms with Crippen molar-refractivity contribution >= 4 is 0 Å². The first-order chi connectivity index (χ1) is 8.24. The molecule has 1 radical (unpaired) electrons. The van der Waals surface area contributed by atoms with Crippen LogP contribution in [0.4, 0.5) is 0 Å². The first kappa shape index (κ1) is 12.4. The number of hydrogen-bond donors (Lipinski definition) is 0. The lowest BCUT2D eigenvalue weighted by atomic mass is 10.2. The Morgan fingerprint density at radius 3 is 2.65 bits per heavy atom. The number of rotatable bonds is 4. The van der Waals surface area contributed by atoms with Crippen LogP contribution >= 0.6 is 0 Å². The summed E-state index contributed by atoms with van der Waals surface area (Å²) in [6.45, 7) is 8.45. The molecule has 0 aromatic heterocycles. The third-order valence-electron chi connectivity index (χ3n) is 3.20. The molecule has 1 aliphatic heterocycles. The predicted molar refractivity (Wildman–Crippen MR) is 69.4 cm³/mol. The van der Waals surface area contributed by atoms with E-state index in [1.54, 1.807) is 0 Å². The van der Waals surface area contributed by atoms with Crippen molar-refractivity contribution in [3.63, 3.8) is 0 Å². The van der Waals surface area contributed by atoms with E-state index in [1.165, 1.54) is 5.56 Å². The molecule has 3 nitrogen and oxygen atoms in total. The van der Waals surface area contributed by atoms with E-state index >= 15 is 0 Å². The van der Waals surface area contributed by atoms with Gasteiger partial charge < -0.3 is 9.64 Å². The fourth-order valence-electron chi connectivity index (χ4n) is 1.93. The molecule has 3 heteroatoms. The van der Waals surface area contributed by atoms with Gasteiger partial charge in [-0.3, -0.25) is 4.90 Å². The minimum absolute atomic E-state index is 0.753. The van der Waals surface area contributed by atoms with Gasteiger partial charge in [-0.15, -0.1) is 0 Å². The lowest BCUT2D eigenvalue weighted by Gasteiger charge is -2.32. The molecule has 1 aromatic carbocycles. The molecule has 0 amide bonds. The number of likely N-dealkylation sites (N-methyl/N-ethyl adjacent to an activating group) is 1. The van der Waals surface area contributed by atoms with Crippen LogP contribution in [0, 0.1) is 13.0 Å². The van der Waals surface area contributed by atoms with E-state index in [0.717, 1.165) is 45.1 Å². The Hall–Kier alpha value is -1.06. The van der Waals surface area contributed by atoms with Crippen LogP contribution < -0.4 is 4.74 Å². The Morgan fingerprint density at radius 1 is 1.24 bits per heavy atom. The Kier molecular flexibility index (Phi) is 4.40. The SMILES string of the molecule is Cc1c[c]c(OCCN2CCN(C)CC2)cc1. The highest BCUT2D eigenvalue weighted by Crippen LogP contribution is 2.10. The van der Waals surface area contributed by atoms with E-state index in [0.29, 0.717) is 0 Å². The summed E-state index contributed by atoms with van der Waals surface area (Å²) < 4.78 is 5.68. The van der Waals surface area contributed by atoms with Crippen LogP contribution in [0.5, 0.6) is 5.75 Å². The lowest BCUT2D eigenvalue weighted by Crippen LogP contribution is -2.45. The Morgan fingerprint density at radius 2 is 2.00 bits per heavy atom. The molecule has 17 heavy (non-hydrogen) atoms. The quantitative estimate of drug-likeness (QED) is 0.782. The maximum atomic E-state index is 5.68. The molecule has 0 N–H and O–H groups in total. The zero-order valence-electron chi connectivity index (χ0n) is 10.8. The second-order valence-electron chi connectivity index (χ2n) is 4.72. The van der Waals surface area contributed by atoms with Crippen molar-refractivity contribution < 1.29 is 4.74 Å². The average Bonchev–Trinajstić information content (AvgIpc) is 2.34. The van der Waals surface area contributed by atoms with Gasteiger partial charge in [-0.05, 0) is 26.1 Å². The Labute approximate surface area is 104 Å². The summed E-state index contributed by atoms with van der Waals surface area (Å²) in [5, 5.41) is 0. The van der Waals surface area contributed by atoms with E-state index < -0.39 is 0 Å². The normalized spacial score (nSPS) is 18.2. The maximum Gasteiger partial charge on any atom is 0.127 e. The first-order valence-corrected chi connectivity index (χ1v) is 6.26. The first-order valence-electron chi connectivity index (χ1n) is 6.26. The second-order valence-corrected chi connectivity index (χ2v) is 4.72. The maximum absolute atomic E-state index is 5.68. The molecule has 0 saturated carbocycles. The van der Waals surface area contributed by atoms with E-state index in [9.17, 15) is 0 Å². The highest BCUT2D eigenvalue weighted by atomic mass is 16.5. The van der Waals surface area contributed by atoms with Gasteiger partial charge in [0, 0.05) is 38.8 Å². The number of piperazine rings is 1. The van der Waals surface area contributed by atoms with Crippen LogP contribution in [0.1, 0.15) is 5.56 Å². The minimum atomic E-state index is 0.753.